The summed E-state index contributed by atoms with van der Waals surface area (Å²) in [5.41, 5.74) is -1.41. The zero-order chi connectivity index (χ0) is 50.9. The second-order valence-electron chi connectivity index (χ2n) is 14.8. The Balaban J connectivity index is 1.71. The maximum atomic E-state index is 14.5. The van der Waals surface area contributed by atoms with E-state index in [0.717, 1.165) is 34.6 Å². The monoisotopic (exact) mass is 960 g/mol. The molecular formula is C51H44O19. The standard InChI is InChI=1S/C51H44O19/c1-29(52)64-41-21-11-6-16-35(41)40(57)26-34(27-62-48(58)36-17-7-12-22-42(36)65-30(2)53)47(70-51(61)39-20-10-15-25-45(39)68-33(5)56)46(69-50(60)38-19-9-14-24-44(38)67-32(4)55)28-63-49(59)37-18-8-13-23-43(37)66-31(3)54/h6-25,34,46-47H,26-28H2,1-5H3. The van der Waals surface area contributed by atoms with Crippen molar-refractivity contribution in [3.63, 3.8) is 0 Å². The lowest BCUT2D eigenvalue weighted by molar-refractivity contribution is -0.133. The molecule has 70 heavy (non-hydrogen) atoms. The van der Waals surface area contributed by atoms with Gasteiger partial charge in [-0.05, 0) is 60.7 Å². The van der Waals surface area contributed by atoms with Gasteiger partial charge in [0.25, 0.3) is 0 Å². The zero-order valence-electron chi connectivity index (χ0n) is 38.2. The predicted molar refractivity (Wildman–Crippen MR) is 240 cm³/mol. The number of carbonyl (C=O) groups is 10. The summed E-state index contributed by atoms with van der Waals surface area (Å²) in [6.45, 7) is 3.56. The Labute approximate surface area is 399 Å². The van der Waals surface area contributed by atoms with E-state index < -0.39 is 97.3 Å². The summed E-state index contributed by atoms with van der Waals surface area (Å²) in [7, 11) is 0. The minimum atomic E-state index is -2.01. The fraction of sp³-hybridized carbons (Fsp3) is 0.216. The highest BCUT2D eigenvalue weighted by Crippen LogP contribution is 2.31. The average Bonchev–Trinajstić information content (AvgIpc) is 3.30. The highest BCUT2D eigenvalue weighted by molar-refractivity contribution is 6.00. The summed E-state index contributed by atoms with van der Waals surface area (Å²) in [5, 5.41) is 0. The van der Waals surface area contributed by atoms with Crippen LogP contribution in [0.1, 0.15) is 92.8 Å². The number of rotatable bonds is 20. The normalized spacial score (nSPS) is 11.8. The minimum absolute atomic E-state index is 0.170. The number of Topliss-reactive ketones (excluding diaryl/α,β-unsaturated/α-hetero) is 1. The van der Waals surface area contributed by atoms with Gasteiger partial charge in [-0.2, -0.15) is 0 Å². The van der Waals surface area contributed by atoms with Crippen LogP contribution in [-0.4, -0.2) is 84.9 Å². The summed E-state index contributed by atoms with van der Waals surface area (Å²) >= 11 is 0. The van der Waals surface area contributed by atoms with Crippen LogP contribution in [0.3, 0.4) is 0 Å². The number of carbonyl (C=O) groups excluding carboxylic acids is 10. The fourth-order valence-corrected chi connectivity index (χ4v) is 6.63. The van der Waals surface area contributed by atoms with E-state index in [4.69, 9.17) is 42.6 Å². The number of esters is 9. The van der Waals surface area contributed by atoms with Crippen LogP contribution in [0, 0.1) is 5.92 Å². The number of hydrogen-bond donors (Lipinski definition) is 0. The second-order valence-corrected chi connectivity index (χ2v) is 14.8. The van der Waals surface area contributed by atoms with Crippen molar-refractivity contribution in [2.45, 2.75) is 53.2 Å². The summed E-state index contributed by atoms with van der Waals surface area (Å²) < 4.78 is 49.8. The van der Waals surface area contributed by atoms with Crippen LogP contribution in [0.15, 0.2) is 121 Å². The Morgan fingerprint density at radius 1 is 0.357 bits per heavy atom. The lowest BCUT2D eigenvalue weighted by Crippen LogP contribution is -2.46. The highest BCUT2D eigenvalue weighted by atomic mass is 16.6. The molecule has 0 heterocycles. The van der Waals surface area contributed by atoms with Gasteiger partial charge < -0.3 is 42.6 Å². The molecule has 362 valence electrons. The van der Waals surface area contributed by atoms with Crippen LogP contribution in [0.2, 0.25) is 0 Å². The number of ketones is 1. The molecule has 19 nitrogen and oxygen atoms in total. The van der Waals surface area contributed by atoms with Gasteiger partial charge in [0.15, 0.2) is 11.9 Å². The molecule has 5 aromatic rings. The highest BCUT2D eigenvalue weighted by Gasteiger charge is 2.41. The third kappa shape index (κ3) is 14.8. The van der Waals surface area contributed by atoms with Crippen molar-refractivity contribution in [1.29, 1.82) is 0 Å². The van der Waals surface area contributed by atoms with Crippen LogP contribution in [-0.2, 0) is 42.9 Å². The third-order valence-corrected chi connectivity index (χ3v) is 9.47. The van der Waals surface area contributed by atoms with Crippen molar-refractivity contribution in [2.24, 2.45) is 5.92 Å². The lowest BCUT2D eigenvalue weighted by Gasteiger charge is -2.32. The van der Waals surface area contributed by atoms with Crippen LogP contribution >= 0.6 is 0 Å². The summed E-state index contributed by atoms with van der Waals surface area (Å²) in [4.78, 5) is 131. The molecule has 0 bridgehead atoms. The number of ether oxygens (including phenoxy) is 9. The predicted octanol–water partition coefficient (Wildman–Crippen LogP) is 6.67. The smallest absolute Gasteiger partial charge is 0.342 e. The zero-order valence-corrected chi connectivity index (χ0v) is 38.2. The molecule has 5 aromatic carbocycles. The quantitative estimate of drug-likeness (QED) is 0.0342. The number of hydrogen-bond acceptors (Lipinski definition) is 19. The average molecular weight is 961 g/mol. The van der Waals surface area contributed by atoms with Gasteiger partial charge >= 0.3 is 53.7 Å². The molecule has 0 radical (unpaired) electrons. The molecule has 0 saturated heterocycles. The van der Waals surface area contributed by atoms with E-state index in [2.05, 4.69) is 0 Å². The van der Waals surface area contributed by atoms with E-state index in [1.165, 1.54) is 121 Å². The van der Waals surface area contributed by atoms with Gasteiger partial charge in [0.1, 0.15) is 63.7 Å². The van der Waals surface area contributed by atoms with Crippen molar-refractivity contribution in [3.8, 4) is 28.7 Å². The van der Waals surface area contributed by atoms with Crippen LogP contribution in [0.4, 0.5) is 0 Å². The topological polar surface area (TPSA) is 254 Å². The van der Waals surface area contributed by atoms with E-state index >= 15 is 0 Å². The molecular weight excluding hydrogens is 917 g/mol. The first-order valence-corrected chi connectivity index (χ1v) is 21.1. The maximum Gasteiger partial charge on any atom is 0.342 e. The van der Waals surface area contributed by atoms with Crippen LogP contribution < -0.4 is 23.7 Å². The van der Waals surface area contributed by atoms with Crippen molar-refractivity contribution in [2.75, 3.05) is 13.2 Å². The van der Waals surface area contributed by atoms with Crippen molar-refractivity contribution in [1.82, 2.24) is 0 Å². The molecule has 0 fully saturated rings. The molecule has 0 amide bonds. The van der Waals surface area contributed by atoms with E-state index in [1.807, 2.05) is 0 Å². The molecule has 0 aliphatic carbocycles. The Bertz CT molecular complexity index is 2660. The first-order chi connectivity index (χ1) is 33.4. The Morgan fingerprint density at radius 2 is 0.643 bits per heavy atom. The van der Waals surface area contributed by atoms with Crippen molar-refractivity contribution >= 4 is 59.5 Å². The molecule has 3 unspecified atom stereocenters. The first-order valence-electron chi connectivity index (χ1n) is 21.1. The first kappa shape index (κ1) is 52.0. The van der Waals surface area contributed by atoms with E-state index in [-0.39, 0.29) is 56.6 Å². The van der Waals surface area contributed by atoms with E-state index in [0.29, 0.717) is 0 Å². The number of para-hydroxylation sites is 5. The fourth-order valence-electron chi connectivity index (χ4n) is 6.63. The molecule has 0 aliphatic heterocycles. The van der Waals surface area contributed by atoms with Gasteiger partial charge in [-0.3, -0.25) is 28.8 Å². The van der Waals surface area contributed by atoms with E-state index in [9.17, 15) is 47.9 Å². The molecule has 0 saturated carbocycles. The Kier molecular flexibility index (Phi) is 18.3. The van der Waals surface area contributed by atoms with Crippen LogP contribution in [0.5, 0.6) is 28.7 Å². The molecule has 5 rings (SSSR count). The molecule has 19 heteroatoms. The summed E-state index contributed by atoms with van der Waals surface area (Å²) in [6.07, 6.45) is -4.79. The minimum Gasteiger partial charge on any atom is -0.462 e. The Hall–Kier alpha value is -9.00. The van der Waals surface area contributed by atoms with Gasteiger partial charge in [0.2, 0.25) is 0 Å². The largest absolute Gasteiger partial charge is 0.462 e. The molecule has 0 aromatic heterocycles. The molecule has 0 N–H and O–H groups in total. The number of benzene rings is 5. The van der Waals surface area contributed by atoms with Gasteiger partial charge in [0.05, 0.1) is 12.2 Å². The van der Waals surface area contributed by atoms with E-state index in [1.54, 1.807) is 0 Å². The molecule has 0 aliphatic rings. The molecule has 3 atom stereocenters. The summed E-state index contributed by atoms with van der Waals surface area (Å²) in [6, 6.07) is 27.3. The Morgan fingerprint density at radius 3 is 1.00 bits per heavy atom. The maximum absolute atomic E-state index is 14.5. The third-order valence-electron chi connectivity index (χ3n) is 9.47. The van der Waals surface area contributed by atoms with Crippen molar-refractivity contribution < 1.29 is 90.6 Å². The van der Waals surface area contributed by atoms with Crippen LogP contribution in [0.25, 0.3) is 0 Å². The van der Waals surface area contributed by atoms with Crippen molar-refractivity contribution in [3.05, 3.63) is 149 Å². The summed E-state index contributed by atoms with van der Waals surface area (Å²) in [5.74, 6) is -12.4. The van der Waals surface area contributed by atoms with Gasteiger partial charge in [-0.25, -0.2) is 19.2 Å². The molecule has 0 spiro atoms. The van der Waals surface area contributed by atoms with Gasteiger partial charge in [-0.15, -0.1) is 0 Å². The van der Waals surface area contributed by atoms with Gasteiger partial charge in [-0.1, -0.05) is 60.7 Å². The second kappa shape index (κ2) is 24.7. The van der Waals surface area contributed by atoms with Gasteiger partial charge in [0, 0.05) is 47.0 Å². The SMILES string of the molecule is CC(=O)Oc1ccccc1C(=O)CC(COC(=O)c1ccccc1OC(C)=O)C(OC(=O)c1ccccc1OC(C)=O)C(COC(=O)c1ccccc1OC(C)=O)OC(=O)c1ccccc1OC(C)=O. The lowest BCUT2D eigenvalue weighted by atomic mass is 9.90.